The summed E-state index contributed by atoms with van der Waals surface area (Å²) in [5.74, 6) is -1.03. The fourth-order valence-electron chi connectivity index (χ4n) is 3.45. The summed E-state index contributed by atoms with van der Waals surface area (Å²) in [6.45, 7) is 7.68. The molecular formula is C18H25ClN6O3S. The summed E-state index contributed by atoms with van der Waals surface area (Å²) in [6.07, 6.45) is 1.36. The molecule has 11 heteroatoms. The number of thiazole rings is 1. The lowest BCUT2D eigenvalue weighted by atomic mass is 9.99. The number of aromatic amines is 1. The van der Waals surface area contributed by atoms with Crippen molar-refractivity contribution in [3.8, 4) is 0 Å². The van der Waals surface area contributed by atoms with Crippen LogP contribution in [0.4, 0.5) is 5.13 Å². The summed E-state index contributed by atoms with van der Waals surface area (Å²) < 4.78 is 0. The van der Waals surface area contributed by atoms with Gasteiger partial charge in [0.15, 0.2) is 16.1 Å². The number of carbonyl (C=O) groups excluding carboxylic acids is 1. The predicted molar refractivity (Wildman–Crippen MR) is 112 cm³/mol. The van der Waals surface area contributed by atoms with Crippen LogP contribution in [-0.2, 0) is 6.42 Å². The van der Waals surface area contributed by atoms with Crippen LogP contribution in [0.3, 0.4) is 0 Å². The number of imidazole rings is 1. The Balaban J connectivity index is 1.70. The number of rotatable bonds is 7. The highest BCUT2D eigenvalue weighted by molar-refractivity contribution is 7.17. The maximum Gasteiger partial charge on any atom is 0.347 e. The number of aromatic carboxylic acids is 1. The van der Waals surface area contributed by atoms with E-state index >= 15 is 0 Å². The minimum atomic E-state index is -0.958. The number of aryl methyl sites for hydroxylation is 2. The summed E-state index contributed by atoms with van der Waals surface area (Å²) in [7, 11) is 0. The molecule has 0 spiro atoms. The first-order chi connectivity index (χ1) is 13.8. The van der Waals surface area contributed by atoms with Crippen LogP contribution in [0.15, 0.2) is 0 Å². The summed E-state index contributed by atoms with van der Waals surface area (Å²) in [5.41, 5.74) is 1.26. The van der Waals surface area contributed by atoms with Crippen molar-refractivity contribution in [2.24, 2.45) is 0 Å². The molecule has 3 heterocycles. The molecule has 1 aliphatic heterocycles. The van der Waals surface area contributed by atoms with E-state index in [0.29, 0.717) is 41.9 Å². The molecule has 1 amide bonds. The smallest absolute Gasteiger partial charge is 0.347 e. The predicted octanol–water partition coefficient (Wildman–Crippen LogP) is 2.08. The van der Waals surface area contributed by atoms with E-state index in [0.717, 1.165) is 12.2 Å². The van der Waals surface area contributed by atoms with Crippen molar-refractivity contribution in [3.63, 3.8) is 0 Å². The molecule has 0 bridgehead atoms. The van der Waals surface area contributed by atoms with Crippen LogP contribution in [-0.4, -0.2) is 63.7 Å². The second-order valence-corrected chi connectivity index (χ2v) is 8.24. The largest absolute Gasteiger partial charge is 0.477 e. The standard InChI is InChI=1S/C18H25ClN6O3S/c1-4-10-14(19)24-15(22-10)16(26)23-11-6-7-25(8-12(11)20-5-2)18-21-9(3)13(29-18)17(27)28/h11-12,20H,4-8H2,1-3H3,(H,22,24)(H,23,26)(H,27,28)/t11-,12+/m1/s1. The van der Waals surface area contributed by atoms with Gasteiger partial charge in [-0.15, -0.1) is 0 Å². The van der Waals surface area contributed by atoms with E-state index in [2.05, 4.69) is 30.5 Å². The van der Waals surface area contributed by atoms with Gasteiger partial charge in [-0.05, 0) is 26.3 Å². The third kappa shape index (κ3) is 4.71. The SMILES string of the molecule is CCN[C@H]1CN(c2nc(C)c(C(=O)O)s2)CC[C@H]1NC(=O)c1nc(Cl)c(CC)[nH]1. The summed E-state index contributed by atoms with van der Waals surface area (Å²) >= 11 is 7.23. The zero-order chi connectivity index (χ0) is 21.1. The first kappa shape index (κ1) is 21.5. The van der Waals surface area contributed by atoms with Crippen LogP contribution in [0, 0.1) is 6.92 Å². The molecule has 1 fully saturated rings. The number of carboxylic acids is 1. The Morgan fingerprint density at radius 2 is 2.10 bits per heavy atom. The van der Waals surface area contributed by atoms with Gasteiger partial charge in [0.05, 0.1) is 11.4 Å². The highest BCUT2D eigenvalue weighted by Crippen LogP contribution is 2.28. The Morgan fingerprint density at radius 3 is 2.69 bits per heavy atom. The van der Waals surface area contributed by atoms with Gasteiger partial charge in [-0.2, -0.15) is 0 Å². The number of halogens is 1. The van der Waals surface area contributed by atoms with Crippen molar-refractivity contribution in [1.82, 2.24) is 25.6 Å². The van der Waals surface area contributed by atoms with Crippen molar-refractivity contribution in [3.05, 3.63) is 27.2 Å². The van der Waals surface area contributed by atoms with E-state index < -0.39 is 5.97 Å². The number of likely N-dealkylation sites (N-methyl/N-ethyl adjacent to an activating group) is 1. The molecule has 0 aromatic carbocycles. The molecule has 3 rings (SSSR count). The monoisotopic (exact) mass is 440 g/mol. The van der Waals surface area contributed by atoms with Gasteiger partial charge in [-0.25, -0.2) is 14.8 Å². The number of carbonyl (C=O) groups is 2. The molecule has 29 heavy (non-hydrogen) atoms. The number of piperidine rings is 1. The molecule has 2 aromatic rings. The fourth-order valence-corrected chi connectivity index (χ4v) is 4.66. The minimum Gasteiger partial charge on any atom is -0.477 e. The van der Waals surface area contributed by atoms with E-state index in [4.69, 9.17) is 11.6 Å². The Bertz CT molecular complexity index is 898. The summed E-state index contributed by atoms with van der Waals surface area (Å²) in [5, 5.41) is 16.8. The van der Waals surface area contributed by atoms with Crippen molar-refractivity contribution in [2.45, 2.75) is 45.7 Å². The maximum atomic E-state index is 12.6. The van der Waals surface area contributed by atoms with Gasteiger partial charge >= 0.3 is 5.97 Å². The molecule has 2 atom stereocenters. The zero-order valence-corrected chi connectivity index (χ0v) is 18.2. The van der Waals surface area contributed by atoms with E-state index in [-0.39, 0.29) is 28.7 Å². The Morgan fingerprint density at radius 1 is 1.34 bits per heavy atom. The second kappa shape index (κ2) is 9.10. The molecule has 4 N–H and O–H groups in total. The van der Waals surface area contributed by atoms with E-state index in [1.165, 1.54) is 11.3 Å². The number of hydrogen-bond acceptors (Lipinski definition) is 7. The van der Waals surface area contributed by atoms with Crippen LogP contribution in [0.25, 0.3) is 0 Å². The first-order valence-electron chi connectivity index (χ1n) is 9.58. The van der Waals surface area contributed by atoms with Crippen LogP contribution >= 0.6 is 22.9 Å². The van der Waals surface area contributed by atoms with E-state index in [1.807, 2.05) is 13.8 Å². The topological polar surface area (TPSA) is 123 Å². The summed E-state index contributed by atoms with van der Waals surface area (Å²) in [4.78, 5) is 37.8. The fraction of sp³-hybridized carbons (Fsp3) is 0.556. The molecule has 0 aliphatic carbocycles. The Hall–Kier alpha value is -2.17. The van der Waals surface area contributed by atoms with Crippen molar-refractivity contribution in [2.75, 3.05) is 24.5 Å². The van der Waals surface area contributed by atoms with E-state index in [1.54, 1.807) is 6.92 Å². The molecule has 0 saturated carbocycles. The molecular weight excluding hydrogens is 416 g/mol. The number of anilines is 1. The van der Waals surface area contributed by atoms with Gasteiger partial charge in [0.1, 0.15) is 4.88 Å². The van der Waals surface area contributed by atoms with Gasteiger partial charge in [-0.3, -0.25) is 4.79 Å². The van der Waals surface area contributed by atoms with Crippen LogP contribution in [0.5, 0.6) is 0 Å². The third-order valence-corrected chi connectivity index (χ3v) is 6.46. The number of H-pyrrole nitrogens is 1. The number of aromatic nitrogens is 3. The molecule has 0 radical (unpaired) electrons. The van der Waals surface area contributed by atoms with Crippen molar-refractivity contribution in [1.29, 1.82) is 0 Å². The van der Waals surface area contributed by atoms with Crippen molar-refractivity contribution < 1.29 is 14.7 Å². The average Bonchev–Trinajstić information content (AvgIpc) is 3.26. The normalized spacial score (nSPS) is 19.4. The minimum absolute atomic E-state index is 0.00809. The number of hydrogen-bond donors (Lipinski definition) is 4. The molecule has 2 aromatic heterocycles. The molecule has 1 aliphatic rings. The molecule has 0 unspecified atom stereocenters. The average molecular weight is 441 g/mol. The molecule has 158 valence electrons. The van der Waals surface area contributed by atoms with Gasteiger partial charge in [-0.1, -0.05) is 36.8 Å². The first-order valence-corrected chi connectivity index (χ1v) is 10.8. The number of amides is 1. The third-order valence-electron chi connectivity index (χ3n) is 4.94. The van der Waals surface area contributed by atoms with Gasteiger partial charge in [0.2, 0.25) is 0 Å². The van der Waals surface area contributed by atoms with Crippen molar-refractivity contribution >= 4 is 39.9 Å². The molecule has 1 saturated heterocycles. The maximum absolute atomic E-state index is 12.6. The zero-order valence-electron chi connectivity index (χ0n) is 16.6. The van der Waals surface area contributed by atoms with Crippen LogP contribution in [0.1, 0.15) is 51.9 Å². The number of nitrogens with zero attached hydrogens (tertiary/aromatic N) is 3. The van der Waals surface area contributed by atoms with Gasteiger partial charge < -0.3 is 25.6 Å². The second-order valence-electron chi connectivity index (χ2n) is 6.90. The quantitative estimate of drug-likeness (QED) is 0.519. The number of carboxylic acid groups (broad SMARTS) is 1. The summed E-state index contributed by atoms with van der Waals surface area (Å²) in [6, 6.07) is -0.0982. The molecule has 9 nitrogen and oxygen atoms in total. The lowest BCUT2D eigenvalue weighted by molar-refractivity contribution is 0.0700. The van der Waals surface area contributed by atoms with Gasteiger partial charge in [0.25, 0.3) is 5.91 Å². The Labute approximate surface area is 177 Å². The Kier molecular flexibility index (Phi) is 6.76. The lowest BCUT2D eigenvalue weighted by Crippen LogP contribution is -2.59. The number of nitrogens with one attached hydrogen (secondary N) is 3. The van der Waals surface area contributed by atoms with E-state index in [9.17, 15) is 14.7 Å². The highest BCUT2D eigenvalue weighted by atomic mass is 35.5. The highest BCUT2D eigenvalue weighted by Gasteiger charge is 2.32. The van der Waals surface area contributed by atoms with Crippen LogP contribution < -0.4 is 15.5 Å². The lowest BCUT2D eigenvalue weighted by Gasteiger charge is -2.39. The van der Waals surface area contributed by atoms with Crippen LogP contribution in [0.2, 0.25) is 5.15 Å². The van der Waals surface area contributed by atoms with Gasteiger partial charge in [0, 0.05) is 25.2 Å².